The molecule has 8 rings (SSSR count). The Hall–Kier alpha value is -4.89. The van der Waals surface area contributed by atoms with E-state index in [4.69, 9.17) is 28.4 Å². The van der Waals surface area contributed by atoms with Crippen molar-refractivity contribution in [3.8, 4) is 5.75 Å². The summed E-state index contributed by atoms with van der Waals surface area (Å²) >= 11 is 0. The third kappa shape index (κ3) is 9.52. The fourth-order valence-electron chi connectivity index (χ4n) is 8.19. The first-order valence-corrected chi connectivity index (χ1v) is 21.6. The van der Waals surface area contributed by atoms with E-state index in [-0.39, 0.29) is 31.0 Å². The second kappa shape index (κ2) is 19.2. The Kier molecular flexibility index (Phi) is 13.2. The zero-order valence-electron chi connectivity index (χ0n) is 32.7. The summed E-state index contributed by atoms with van der Waals surface area (Å²) in [4.78, 5) is 29.0. The lowest BCUT2D eigenvalue weighted by atomic mass is 9.87. The number of amides is 1. The van der Waals surface area contributed by atoms with Crippen LogP contribution in [0.3, 0.4) is 0 Å². The van der Waals surface area contributed by atoms with Gasteiger partial charge in [-0.05, 0) is 66.4 Å². The van der Waals surface area contributed by atoms with Crippen LogP contribution in [-0.4, -0.2) is 56.2 Å². The van der Waals surface area contributed by atoms with E-state index in [9.17, 15) is 9.59 Å². The molecule has 10 heteroatoms. The summed E-state index contributed by atoms with van der Waals surface area (Å²) in [5.41, 5.74) is 2.22. The molecule has 0 aromatic heterocycles. The SMILES string of the molecule is COc1ccc([C@@H]2OC[C@H]3O[C@H](OCc4ccccc4)[C@H](NC(=O)c4ccccc4P(c4ccccc4)c4ccccc4)[C@@H](OC(=O)CC4CCCCC4)[C@@H]3O2)cc1. The van der Waals surface area contributed by atoms with Gasteiger partial charge in [-0.15, -0.1) is 0 Å². The molecule has 2 heterocycles. The second-order valence-corrected chi connectivity index (χ2v) is 17.2. The third-order valence-electron chi connectivity index (χ3n) is 11.1. The van der Waals surface area contributed by atoms with Crippen LogP contribution in [0.25, 0.3) is 0 Å². The van der Waals surface area contributed by atoms with E-state index in [1.165, 1.54) is 6.42 Å². The van der Waals surface area contributed by atoms with Crippen molar-refractivity contribution < 1.29 is 38.0 Å². The number of ether oxygens (including phenoxy) is 6. The van der Waals surface area contributed by atoms with E-state index >= 15 is 0 Å². The van der Waals surface area contributed by atoms with Crippen molar-refractivity contribution in [3.05, 3.63) is 156 Å². The minimum Gasteiger partial charge on any atom is -0.497 e. The molecule has 3 fully saturated rings. The molecule has 1 saturated carbocycles. The lowest BCUT2D eigenvalue weighted by molar-refractivity contribution is -0.346. The Bertz CT molecular complexity index is 2040. The van der Waals surface area contributed by atoms with Crippen LogP contribution in [0.15, 0.2) is 140 Å². The van der Waals surface area contributed by atoms with Crippen LogP contribution in [0, 0.1) is 5.92 Å². The van der Waals surface area contributed by atoms with Crippen LogP contribution in [0.1, 0.15) is 66.3 Å². The molecule has 5 aromatic rings. The van der Waals surface area contributed by atoms with Crippen molar-refractivity contribution >= 4 is 35.7 Å². The lowest BCUT2D eigenvalue weighted by Crippen LogP contribution is -2.67. The number of carbonyl (C=O) groups excluding carboxylic acids is 2. The summed E-state index contributed by atoms with van der Waals surface area (Å²) in [5.74, 6) is 0.298. The van der Waals surface area contributed by atoms with Gasteiger partial charge < -0.3 is 33.7 Å². The highest BCUT2D eigenvalue weighted by atomic mass is 31.1. The molecule has 0 spiro atoms. The number of rotatable bonds is 13. The van der Waals surface area contributed by atoms with Gasteiger partial charge in [0.2, 0.25) is 0 Å². The summed E-state index contributed by atoms with van der Waals surface area (Å²) < 4.78 is 38.0. The van der Waals surface area contributed by atoms with Gasteiger partial charge in [0.05, 0.1) is 20.3 Å². The van der Waals surface area contributed by atoms with Crippen molar-refractivity contribution in [1.29, 1.82) is 0 Å². The van der Waals surface area contributed by atoms with Crippen LogP contribution in [-0.2, 0) is 35.1 Å². The van der Waals surface area contributed by atoms with Crippen LogP contribution < -0.4 is 26.0 Å². The van der Waals surface area contributed by atoms with Crippen LogP contribution >= 0.6 is 7.92 Å². The largest absolute Gasteiger partial charge is 0.497 e. The fourth-order valence-corrected chi connectivity index (χ4v) is 10.6. The van der Waals surface area contributed by atoms with E-state index < -0.39 is 44.9 Å². The monoisotopic (exact) mass is 799 g/mol. The lowest BCUT2D eigenvalue weighted by Gasteiger charge is -2.49. The van der Waals surface area contributed by atoms with Crippen LogP contribution in [0.4, 0.5) is 0 Å². The average Bonchev–Trinajstić information content (AvgIpc) is 3.28. The van der Waals surface area contributed by atoms with Crippen LogP contribution in [0.2, 0.25) is 0 Å². The molecule has 1 amide bonds. The number of nitrogens with one attached hydrogen (secondary N) is 1. The van der Waals surface area contributed by atoms with Gasteiger partial charge >= 0.3 is 5.97 Å². The van der Waals surface area contributed by atoms with Gasteiger partial charge in [-0.2, -0.15) is 0 Å². The number of hydrogen-bond acceptors (Lipinski definition) is 8. The molecule has 5 aromatic carbocycles. The van der Waals surface area contributed by atoms with Gasteiger partial charge in [0.25, 0.3) is 5.91 Å². The molecule has 9 nitrogen and oxygen atoms in total. The van der Waals surface area contributed by atoms with Gasteiger partial charge in [-0.3, -0.25) is 9.59 Å². The third-order valence-corrected chi connectivity index (χ3v) is 13.6. The summed E-state index contributed by atoms with van der Waals surface area (Å²) in [6.45, 7) is 0.364. The highest BCUT2D eigenvalue weighted by molar-refractivity contribution is 7.80. The Morgan fingerprint density at radius 2 is 1.38 bits per heavy atom. The Labute approximate surface area is 341 Å². The van der Waals surface area contributed by atoms with E-state index in [2.05, 4.69) is 29.6 Å². The second-order valence-electron chi connectivity index (χ2n) is 15.1. The molecule has 1 N–H and O–H groups in total. The smallest absolute Gasteiger partial charge is 0.306 e. The van der Waals surface area contributed by atoms with Gasteiger partial charge in [0.1, 0.15) is 24.0 Å². The summed E-state index contributed by atoms with van der Waals surface area (Å²) in [5, 5.41) is 6.42. The first-order chi connectivity index (χ1) is 28.5. The number of carbonyl (C=O) groups is 2. The molecule has 3 aliphatic rings. The minimum absolute atomic E-state index is 0.158. The molecule has 300 valence electrons. The Morgan fingerprint density at radius 1 is 0.741 bits per heavy atom. The van der Waals surface area contributed by atoms with Crippen molar-refractivity contribution in [2.24, 2.45) is 5.92 Å². The first-order valence-electron chi connectivity index (χ1n) is 20.3. The zero-order valence-corrected chi connectivity index (χ0v) is 33.6. The predicted molar refractivity (Wildman–Crippen MR) is 224 cm³/mol. The maximum atomic E-state index is 14.9. The molecule has 0 unspecified atom stereocenters. The normalized spacial score (nSPS) is 23.4. The van der Waals surface area contributed by atoms with Crippen molar-refractivity contribution in [2.45, 2.75) is 82.1 Å². The van der Waals surface area contributed by atoms with Crippen molar-refractivity contribution in [1.82, 2.24) is 5.32 Å². The highest BCUT2D eigenvalue weighted by Crippen LogP contribution is 2.38. The topological polar surface area (TPSA) is 102 Å². The fraction of sp³-hybridized carbons (Fsp3) is 0.333. The molecule has 6 atom stereocenters. The summed E-state index contributed by atoms with van der Waals surface area (Å²) in [7, 11) is 0.505. The molecule has 2 saturated heterocycles. The van der Waals surface area contributed by atoms with E-state index in [0.29, 0.717) is 17.7 Å². The number of esters is 1. The molecule has 0 bridgehead atoms. The molecule has 58 heavy (non-hydrogen) atoms. The van der Waals surface area contributed by atoms with Gasteiger partial charge in [-0.25, -0.2) is 0 Å². The maximum absolute atomic E-state index is 14.9. The summed E-state index contributed by atoms with van der Waals surface area (Å²) in [6.07, 6.45) is 1.51. The minimum atomic E-state index is -1.11. The van der Waals surface area contributed by atoms with E-state index in [1.54, 1.807) is 7.11 Å². The van der Waals surface area contributed by atoms with E-state index in [0.717, 1.165) is 52.7 Å². The molecular formula is C48H50NO8P. The zero-order chi connectivity index (χ0) is 39.7. The average molecular weight is 800 g/mol. The van der Waals surface area contributed by atoms with Crippen LogP contribution in [0.5, 0.6) is 5.75 Å². The molecular weight excluding hydrogens is 750 g/mol. The highest BCUT2D eigenvalue weighted by Gasteiger charge is 2.53. The molecule has 0 radical (unpaired) electrons. The first kappa shape index (κ1) is 39.9. The van der Waals surface area contributed by atoms with Gasteiger partial charge in [0.15, 0.2) is 18.7 Å². The Morgan fingerprint density at radius 3 is 2.05 bits per heavy atom. The molecule has 2 aliphatic heterocycles. The number of hydrogen-bond donors (Lipinski definition) is 1. The van der Waals surface area contributed by atoms with Crippen molar-refractivity contribution in [2.75, 3.05) is 13.7 Å². The number of methoxy groups -OCH3 is 1. The quantitative estimate of drug-likeness (QED) is 0.0967. The van der Waals surface area contributed by atoms with E-state index in [1.807, 2.05) is 115 Å². The van der Waals surface area contributed by atoms with Gasteiger partial charge in [0, 0.05) is 17.5 Å². The maximum Gasteiger partial charge on any atom is 0.306 e. The molecule has 1 aliphatic carbocycles. The number of benzene rings is 5. The predicted octanol–water partition coefficient (Wildman–Crippen LogP) is 7.49. The standard InChI is InChI=1S/C48H50NO8P/c1-52-36-28-26-35(27-29-36)47-54-32-40-44(57-47)45(56-42(50)30-33-16-6-2-7-17-33)43(48(55-40)53-31-34-18-8-3-9-19-34)49-46(51)39-24-14-15-25-41(39)58(37-20-10-4-11-21-37)38-22-12-5-13-23-38/h3-5,8-15,18-29,33,40,43-45,47-48H,2,6-7,16-17,30-32H2,1H3,(H,49,51)/t40-,43-,44-,45-,47-,48+/m1/s1. The van der Waals surface area contributed by atoms with Gasteiger partial charge in [-0.1, -0.05) is 141 Å². The number of fused-ring (bicyclic) bond motifs is 1. The summed E-state index contributed by atoms with van der Waals surface area (Å²) in [6, 6.07) is 44.6. The Balaban J connectivity index is 1.15. The van der Waals surface area contributed by atoms with Crippen molar-refractivity contribution in [3.63, 3.8) is 0 Å².